The Hall–Kier alpha value is -2.01. The molecule has 2 aliphatic heterocycles. The number of carbonyl (C=O) groups excluding carboxylic acids is 1. The Morgan fingerprint density at radius 2 is 2.11 bits per heavy atom. The molecule has 4 unspecified atom stereocenters. The predicted molar refractivity (Wildman–Crippen MR) is 110 cm³/mol. The molecule has 27 heavy (non-hydrogen) atoms. The van der Waals surface area contributed by atoms with Gasteiger partial charge in [0.25, 0.3) is 0 Å². The number of ether oxygens (including phenoxy) is 2. The van der Waals surface area contributed by atoms with Gasteiger partial charge in [-0.2, -0.15) is 0 Å². The molecule has 0 radical (unpaired) electrons. The lowest BCUT2D eigenvalue weighted by Crippen LogP contribution is -2.45. The molecule has 4 nitrogen and oxygen atoms in total. The summed E-state index contributed by atoms with van der Waals surface area (Å²) in [6.45, 7) is 3.09. The fraction of sp³-hybridized carbons (Fsp3) is 0.455. The summed E-state index contributed by atoms with van der Waals surface area (Å²) >= 11 is 1.89. The van der Waals surface area contributed by atoms with E-state index in [-0.39, 0.29) is 27.8 Å². The van der Waals surface area contributed by atoms with Crippen molar-refractivity contribution in [2.45, 2.75) is 29.8 Å². The van der Waals surface area contributed by atoms with Crippen molar-refractivity contribution in [1.29, 1.82) is 0 Å². The molecular weight excluding hydrogens is 358 g/mol. The summed E-state index contributed by atoms with van der Waals surface area (Å²) in [5, 5.41) is 0.168. The van der Waals surface area contributed by atoms with E-state index in [4.69, 9.17) is 14.5 Å². The molecular formula is C22H25NO3S. The van der Waals surface area contributed by atoms with E-state index in [0.29, 0.717) is 6.61 Å². The summed E-state index contributed by atoms with van der Waals surface area (Å²) in [5.41, 5.74) is 2.32. The van der Waals surface area contributed by atoms with Gasteiger partial charge in [0.15, 0.2) is 0 Å². The molecule has 1 aromatic carbocycles. The van der Waals surface area contributed by atoms with E-state index in [2.05, 4.69) is 30.4 Å². The number of rotatable bonds is 5. The van der Waals surface area contributed by atoms with Crippen molar-refractivity contribution in [2.24, 2.45) is 16.8 Å². The van der Waals surface area contributed by atoms with Crippen molar-refractivity contribution in [1.82, 2.24) is 0 Å². The summed E-state index contributed by atoms with van der Waals surface area (Å²) < 4.78 is 10.6. The SMILES string of the molecule is CCOC(=O)C1C(Cc2ccc(OC)cc2)SC23C=CC=CC2=NCCC13. The fourth-order valence-electron chi connectivity index (χ4n) is 4.52. The van der Waals surface area contributed by atoms with Gasteiger partial charge < -0.3 is 9.47 Å². The normalized spacial score (nSPS) is 31.0. The van der Waals surface area contributed by atoms with Crippen LogP contribution in [0.5, 0.6) is 5.75 Å². The van der Waals surface area contributed by atoms with Gasteiger partial charge in [-0.15, -0.1) is 11.8 Å². The van der Waals surface area contributed by atoms with Crippen molar-refractivity contribution in [3.63, 3.8) is 0 Å². The fourth-order valence-corrected chi connectivity index (χ4v) is 6.60. The third-order valence-electron chi connectivity index (χ3n) is 5.72. The van der Waals surface area contributed by atoms with Crippen molar-refractivity contribution in [3.8, 4) is 5.75 Å². The molecule has 0 saturated carbocycles. The van der Waals surface area contributed by atoms with Gasteiger partial charge in [-0.25, -0.2) is 0 Å². The maximum atomic E-state index is 12.9. The van der Waals surface area contributed by atoms with E-state index in [1.165, 1.54) is 5.56 Å². The molecule has 4 rings (SSSR count). The van der Waals surface area contributed by atoms with Crippen molar-refractivity contribution < 1.29 is 14.3 Å². The molecule has 1 aliphatic carbocycles. The highest BCUT2D eigenvalue weighted by molar-refractivity contribution is 8.02. The van der Waals surface area contributed by atoms with Gasteiger partial charge in [-0.3, -0.25) is 9.79 Å². The van der Waals surface area contributed by atoms with Crippen LogP contribution in [0.25, 0.3) is 0 Å². The van der Waals surface area contributed by atoms with Crippen LogP contribution in [-0.2, 0) is 16.0 Å². The van der Waals surface area contributed by atoms with Gasteiger partial charge in [-0.05, 0) is 49.5 Å². The second-order valence-electron chi connectivity index (χ2n) is 7.16. The minimum atomic E-state index is -0.193. The van der Waals surface area contributed by atoms with Gasteiger partial charge in [0.2, 0.25) is 0 Å². The van der Waals surface area contributed by atoms with Gasteiger partial charge >= 0.3 is 5.97 Å². The van der Waals surface area contributed by atoms with E-state index < -0.39 is 0 Å². The standard InChI is InChI=1S/C22H25NO3S/c1-3-26-21(24)20-17-11-13-23-19-6-4-5-12-22(17,19)27-18(20)14-15-7-9-16(25-2)10-8-15/h4-10,12,17-18,20H,3,11,13-14H2,1-2H3. The number of hydrogen-bond donors (Lipinski definition) is 0. The van der Waals surface area contributed by atoms with Crippen LogP contribution in [0.15, 0.2) is 53.6 Å². The highest BCUT2D eigenvalue weighted by Crippen LogP contribution is 2.57. The predicted octanol–water partition coefficient (Wildman–Crippen LogP) is 3.86. The smallest absolute Gasteiger partial charge is 0.310 e. The van der Waals surface area contributed by atoms with E-state index in [1.807, 2.05) is 36.9 Å². The van der Waals surface area contributed by atoms with E-state index in [0.717, 1.165) is 30.8 Å². The zero-order valence-electron chi connectivity index (χ0n) is 15.8. The van der Waals surface area contributed by atoms with E-state index >= 15 is 0 Å². The van der Waals surface area contributed by atoms with Gasteiger partial charge in [-0.1, -0.05) is 30.4 Å². The van der Waals surface area contributed by atoms with Crippen LogP contribution in [0.1, 0.15) is 18.9 Å². The minimum absolute atomic E-state index is 0.0606. The molecule has 0 amide bonds. The molecule has 0 aromatic heterocycles. The van der Waals surface area contributed by atoms with Crippen LogP contribution in [0.2, 0.25) is 0 Å². The number of allylic oxidation sites excluding steroid dienone is 3. The quantitative estimate of drug-likeness (QED) is 0.725. The summed E-state index contributed by atoms with van der Waals surface area (Å²) in [5.74, 6) is 0.911. The lowest BCUT2D eigenvalue weighted by molar-refractivity contribution is -0.149. The van der Waals surface area contributed by atoms with Crippen LogP contribution in [0.3, 0.4) is 0 Å². The number of carbonyl (C=O) groups is 1. The van der Waals surface area contributed by atoms with E-state index in [9.17, 15) is 4.79 Å². The molecule has 1 saturated heterocycles. The topological polar surface area (TPSA) is 47.9 Å². The molecule has 1 aromatic rings. The molecule has 3 aliphatic rings. The first-order valence-electron chi connectivity index (χ1n) is 9.56. The lowest BCUT2D eigenvalue weighted by Gasteiger charge is -2.37. The first kappa shape index (κ1) is 18.4. The van der Waals surface area contributed by atoms with Gasteiger partial charge in [0, 0.05) is 11.8 Å². The first-order valence-corrected chi connectivity index (χ1v) is 10.4. The largest absolute Gasteiger partial charge is 0.497 e. The Labute approximate surface area is 164 Å². The Morgan fingerprint density at radius 1 is 1.30 bits per heavy atom. The average Bonchev–Trinajstić information content (AvgIpc) is 3.01. The Morgan fingerprint density at radius 3 is 2.85 bits per heavy atom. The van der Waals surface area contributed by atoms with Crippen LogP contribution in [0.4, 0.5) is 0 Å². The summed E-state index contributed by atoms with van der Waals surface area (Å²) in [6.07, 6.45) is 10.3. The third-order valence-corrected chi connectivity index (χ3v) is 7.52. The molecule has 0 bridgehead atoms. The summed E-state index contributed by atoms with van der Waals surface area (Å²) in [4.78, 5) is 17.7. The lowest BCUT2D eigenvalue weighted by atomic mass is 9.72. The Balaban J connectivity index is 1.66. The van der Waals surface area contributed by atoms with Crippen molar-refractivity contribution in [2.75, 3.05) is 20.3 Å². The summed E-state index contributed by atoms with van der Waals surface area (Å²) in [7, 11) is 1.67. The number of esters is 1. The molecule has 4 atom stereocenters. The van der Waals surface area contributed by atoms with Crippen molar-refractivity contribution in [3.05, 3.63) is 54.1 Å². The zero-order chi connectivity index (χ0) is 18.9. The minimum Gasteiger partial charge on any atom is -0.497 e. The van der Waals surface area contributed by atoms with Crippen LogP contribution in [0, 0.1) is 11.8 Å². The molecule has 0 N–H and O–H groups in total. The summed E-state index contributed by atoms with van der Waals surface area (Å²) in [6, 6.07) is 8.14. The second kappa shape index (κ2) is 7.55. The highest BCUT2D eigenvalue weighted by atomic mass is 32.2. The van der Waals surface area contributed by atoms with Crippen LogP contribution in [-0.4, -0.2) is 41.9 Å². The maximum Gasteiger partial charge on any atom is 0.310 e. The number of hydrogen-bond acceptors (Lipinski definition) is 5. The van der Waals surface area contributed by atoms with Crippen LogP contribution >= 0.6 is 11.8 Å². The zero-order valence-corrected chi connectivity index (χ0v) is 16.6. The van der Waals surface area contributed by atoms with Crippen LogP contribution < -0.4 is 4.74 Å². The number of aliphatic imine (C=N–C) groups is 1. The monoisotopic (exact) mass is 383 g/mol. The number of benzene rings is 1. The van der Waals surface area contributed by atoms with Gasteiger partial charge in [0.05, 0.1) is 30.1 Å². The van der Waals surface area contributed by atoms with Gasteiger partial charge in [0.1, 0.15) is 5.75 Å². The van der Waals surface area contributed by atoms with E-state index in [1.54, 1.807) is 7.11 Å². The first-order chi connectivity index (χ1) is 13.2. The number of nitrogens with zero attached hydrogens (tertiary/aromatic N) is 1. The molecule has 5 heteroatoms. The average molecular weight is 384 g/mol. The molecule has 142 valence electrons. The second-order valence-corrected chi connectivity index (χ2v) is 8.68. The highest BCUT2D eigenvalue weighted by Gasteiger charge is 2.58. The Kier molecular flexibility index (Phi) is 5.13. The molecule has 1 fully saturated rings. The maximum absolute atomic E-state index is 12.9. The molecule has 1 spiro atoms. The number of thioether (sulfide) groups is 1. The number of methoxy groups -OCH3 is 1. The third kappa shape index (κ3) is 3.22. The Bertz CT molecular complexity index is 798. The van der Waals surface area contributed by atoms with Crippen molar-refractivity contribution >= 4 is 23.4 Å². The molecule has 2 heterocycles.